The van der Waals surface area contributed by atoms with Gasteiger partial charge in [0.15, 0.2) is 0 Å². The highest BCUT2D eigenvalue weighted by atomic mass is 35.5. The molecule has 0 spiro atoms. The Bertz CT molecular complexity index is 958. The van der Waals surface area contributed by atoms with E-state index in [9.17, 15) is 22.8 Å². The first-order valence-corrected chi connectivity index (χ1v) is 11.3. The van der Waals surface area contributed by atoms with Gasteiger partial charge in [0.2, 0.25) is 11.8 Å². The molecule has 1 fully saturated rings. The van der Waals surface area contributed by atoms with Crippen LogP contribution in [0.2, 0.25) is 5.02 Å². The summed E-state index contributed by atoms with van der Waals surface area (Å²) in [6, 6.07) is 13.0. The van der Waals surface area contributed by atoms with Crippen molar-refractivity contribution in [1.29, 1.82) is 0 Å². The number of para-hydroxylation sites is 1. The smallest absolute Gasteiger partial charge is 0.341 e. The molecule has 2 aromatic rings. The molecule has 172 valence electrons. The Morgan fingerprint density at radius 3 is 2.56 bits per heavy atom. The van der Waals surface area contributed by atoms with Crippen molar-refractivity contribution in [2.45, 2.75) is 23.2 Å². The van der Waals surface area contributed by atoms with Crippen LogP contribution in [0.25, 0.3) is 0 Å². The molecular weight excluding hydrogens is 463 g/mol. The van der Waals surface area contributed by atoms with Crippen LogP contribution < -0.4 is 5.32 Å². The van der Waals surface area contributed by atoms with Crippen LogP contribution in [0.1, 0.15) is 12.0 Å². The fourth-order valence-electron chi connectivity index (χ4n) is 3.47. The van der Waals surface area contributed by atoms with E-state index in [1.54, 1.807) is 35.2 Å². The van der Waals surface area contributed by atoms with Crippen LogP contribution in [0.5, 0.6) is 0 Å². The van der Waals surface area contributed by atoms with Crippen molar-refractivity contribution < 1.29 is 22.8 Å². The number of halogens is 4. The number of nitrogens with one attached hydrogen (secondary N) is 1. The van der Waals surface area contributed by atoms with Crippen molar-refractivity contribution in [3.05, 3.63) is 59.1 Å². The number of rotatable bonds is 6. The zero-order valence-corrected chi connectivity index (χ0v) is 18.8. The number of anilines is 1. The SMILES string of the molecule is O=C(CN1CCCN(C(=O)Cc2cccc(SC(F)(F)F)c2)CC1)Nc1ccccc1Cl. The van der Waals surface area contributed by atoms with Crippen LogP contribution in [0.15, 0.2) is 53.4 Å². The Morgan fingerprint density at radius 2 is 1.81 bits per heavy atom. The molecule has 10 heteroatoms. The van der Waals surface area contributed by atoms with Gasteiger partial charge in [-0.2, -0.15) is 13.2 Å². The first-order chi connectivity index (χ1) is 15.2. The van der Waals surface area contributed by atoms with Crippen molar-refractivity contribution in [2.75, 3.05) is 38.0 Å². The topological polar surface area (TPSA) is 52.7 Å². The quantitative estimate of drug-likeness (QED) is 0.604. The largest absolute Gasteiger partial charge is 0.446 e. The highest BCUT2D eigenvalue weighted by molar-refractivity contribution is 8.00. The number of nitrogens with zero attached hydrogens (tertiary/aromatic N) is 2. The summed E-state index contributed by atoms with van der Waals surface area (Å²) in [5, 5.41) is 3.25. The third-order valence-corrected chi connectivity index (χ3v) is 5.99. The Hall–Kier alpha value is -2.23. The summed E-state index contributed by atoms with van der Waals surface area (Å²) in [6.45, 7) is 2.38. The summed E-state index contributed by atoms with van der Waals surface area (Å²) in [5.41, 5.74) is -3.27. The average Bonchev–Trinajstić information content (AvgIpc) is 2.94. The van der Waals surface area contributed by atoms with Gasteiger partial charge in [-0.25, -0.2) is 0 Å². The van der Waals surface area contributed by atoms with E-state index in [0.717, 1.165) is 0 Å². The first kappa shape index (κ1) is 24.4. The standard InChI is InChI=1S/C22H23ClF3N3O2S/c23-18-7-1-2-8-19(18)27-20(30)15-28-9-4-10-29(12-11-28)21(31)14-16-5-3-6-17(13-16)32-22(24,25)26/h1-3,5-8,13H,4,9-12,14-15H2,(H,27,30). The summed E-state index contributed by atoms with van der Waals surface area (Å²) < 4.78 is 37.8. The van der Waals surface area contributed by atoms with Crippen LogP contribution in [-0.4, -0.2) is 59.8 Å². The van der Waals surface area contributed by atoms with Crippen LogP contribution in [0, 0.1) is 0 Å². The van der Waals surface area contributed by atoms with Gasteiger partial charge >= 0.3 is 5.51 Å². The molecule has 0 unspecified atom stereocenters. The van der Waals surface area contributed by atoms with Gasteiger partial charge in [-0.15, -0.1) is 0 Å². The van der Waals surface area contributed by atoms with Gasteiger partial charge in [-0.05, 0) is 48.0 Å². The summed E-state index contributed by atoms with van der Waals surface area (Å²) in [4.78, 5) is 28.8. The van der Waals surface area contributed by atoms with E-state index in [0.29, 0.717) is 48.9 Å². The van der Waals surface area contributed by atoms with E-state index < -0.39 is 5.51 Å². The molecule has 5 nitrogen and oxygen atoms in total. The summed E-state index contributed by atoms with van der Waals surface area (Å²) in [6.07, 6.45) is 0.744. The lowest BCUT2D eigenvalue weighted by molar-refractivity contribution is -0.130. The number of alkyl halides is 3. The maximum absolute atomic E-state index is 12.7. The molecule has 1 saturated heterocycles. The zero-order valence-electron chi connectivity index (χ0n) is 17.2. The van der Waals surface area contributed by atoms with E-state index in [1.165, 1.54) is 18.2 Å². The number of benzene rings is 2. The van der Waals surface area contributed by atoms with Gasteiger partial charge in [0.25, 0.3) is 0 Å². The maximum atomic E-state index is 12.7. The third kappa shape index (κ3) is 7.72. The molecule has 3 rings (SSSR count). The summed E-state index contributed by atoms with van der Waals surface area (Å²) >= 11 is 5.88. The lowest BCUT2D eigenvalue weighted by Gasteiger charge is -2.22. The normalized spacial score (nSPS) is 15.3. The molecule has 1 aliphatic heterocycles. The highest BCUT2D eigenvalue weighted by Gasteiger charge is 2.29. The van der Waals surface area contributed by atoms with Crippen LogP contribution >= 0.6 is 23.4 Å². The Labute approximate surface area is 193 Å². The number of amides is 2. The minimum Gasteiger partial charge on any atom is -0.341 e. The molecule has 0 aromatic heterocycles. The predicted octanol–water partition coefficient (Wildman–Crippen LogP) is 4.67. The molecule has 0 bridgehead atoms. The predicted molar refractivity (Wildman–Crippen MR) is 120 cm³/mol. The van der Waals surface area contributed by atoms with Crippen molar-refractivity contribution in [2.24, 2.45) is 0 Å². The molecule has 0 radical (unpaired) electrons. The number of carbonyl (C=O) groups excluding carboxylic acids is 2. The van der Waals surface area contributed by atoms with E-state index >= 15 is 0 Å². The number of hydrogen-bond donors (Lipinski definition) is 1. The van der Waals surface area contributed by atoms with Crippen molar-refractivity contribution in [1.82, 2.24) is 9.80 Å². The highest BCUT2D eigenvalue weighted by Crippen LogP contribution is 2.37. The number of hydrogen-bond acceptors (Lipinski definition) is 4. The van der Waals surface area contributed by atoms with E-state index in [4.69, 9.17) is 11.6 Å². The van der Waals surface area contributed by atoms with Gasteiger partial charge in [-0.3, -0.25) is 14.5 Å². The number of thioether (sulfide) groups is 1. The zero-order chi connectivity index (χ0) is 23.1. The summed E-state index contributed by atoms with van der Waals surface area (Å²) in [5.74, 6) is -0.321. The minimum atomic E-state index is -4.37. The van der Waals surface area contributed by atoms with Gasteiger partial charge in [0, 0.05) is 31.1 Å². The van der Waals surface area contributed by atoms with Crippen LogP contribution in [0.3, 0.4) is 0 Å². The lowest BCUT2D eigenvalue weighted by Crippen LogP contribution is -2.38. The monoisotopic (exact) mass is 485 g/mol. The first-order valence-electron chi connectivity index (χ1n) is 10.1. The Kier molecular flexibility index (Phi) is 8.44. The molecule has 1 N–H and O–H groups in total. The van der Waals surface area contributed by atoms with Gasteiger partial charge in [0.1, 0.15) is 0 Å². The molecule has 2 amide bonds. The Morgan fingerprint density at radius 1 is 1.03 bits per heavy atom. The van der Waals surface area contributed by atoms with Crippen LogP contribution in [0.4, 0.5) is 18.9 Å². The molecule has 2 aromatic carbocycles. The molecule has 0 aliphatic carbocycles. The van der Waals surface area contributed by atoms with E-state index in [1.807, 2.05) is 4.90 Å². The fourth-order valence-corrected chi connectivity index (χ4v) is 4.28. The second kappa shape index (κ2) is 11.1. The Balaban J connectivity index is 1.50. The maximum Gasteiger partial charge on any atom is 0.446 e. The molecule has 32 heavy (non-hydrogen) atoms. The molecule has 1 aliphatic rings. The van der Waals surface area contributed by atoms with E-state index in [-0.39, 0.29) is 41.4 Å². The molecule has 1 heterocycles. The van der Waals surface area contributed by atoms with Crippen molar-refractivity contribution in [3.63, 3.8) is 0 Å². The summed E-state index contributed by atoms with van der Waals surface area (Å²) in [7, 11) is 0. The van der Waals surface area contributed by atoms with Crippen LogP contribution in [-0.2, 0) is 16.0 Å². The average molecular weight is 486 g/mol. The second-order valence-corrected chi connectivity index (χ2v) is 8.96. The van der Waals surface area contributed by atoms with Gasteiger partial charge < -0.3 is 10.2 Å². The second-order valence-electron chi connectivity index (χ2n) is 7.41. The van der Waals surface area contributed by atoms with Crippen molar-refractivity contribution >= 4 is 40.9 Å². The van der Waals surface area contributed by atoms with E-state index in [2.05, 4.69) is 5.32 Å². The van der Waals surface area contributed by atoms with Gasteiger partial charge in [0.05, 0.1) is 23.7 Å². The fraction of sp³-hybridized carbons (Fsp3) is 0.364. The molecule has 0 saturated carbocycles. The van der Waals surface area contributed by atoms with Gasteiger partial charge in [-0.1, -0.05) is 35.9 Å². The molecular formula is C22H23ClF3N3O2S. The minimum absolute atomic E-state index is 0.0409. The lowest BCUT2D eigenvalue weighted by atomic mass is 10.1. The third-order valence-electron chi connectivity index (χ3n) is 4.94. The van der Waals surface area contributed by atoms with Crippen molar-refractivity contribution in [3.8, 4) is 0 Å². The molecule has 0 atom stereocenters. The number of carbonyl (C=O) groups is 2.